The minimum Gasteiger partial charge on any atom is -0.457 e. The second-order valence-electron chi connectivity index (χ2n) is 6.32. The first-order valence-corrected chi connectivity index (χ1v) is 8.12. The third kappa shape index (κ3) is 2.66. The summed E-state index contributed by atoms with van der Waals surface area (Å²) in [4.78, 5) is 17.2. The van der Waals surface area contributed by atoms with Crippen LogP contribution in [0.1, 0.15) is 51.6 Å². The van der Waals surface area contributed by atoms with E-state index in [4.69, 9.17) is 9.26 Å². The first kappa shape index (κ1) is 14.9. The Labute approximate surface area is 139 Å². The van der Waals surface area contributed by atoms with Crippen molar-refractivity contribution >= 4 is 17.1 Å². The lowest BCUT2D eigenvalue weighted by molar-refractivity contribution is 0.0474. The van der Waals surface area contributed by atoms with Crippen LogP contribution in [-0.4, -0.2) is 16.1 Å². The number of rotatable bonds is 4. The maximum atomic E-state index is 12.7. The van der Waals surface area contributed by atoms with E-state index in [0.717, 1.165) is 29.7 Å². The smallest absolute Gasteiger partial charge is 0.339 e. The SMILES string of the molecule is Cc1ccccc1COC(=O)c1cc(C2CC2)nc2onc(C)c12. The average Bonchev–Trinajstić information content (AvgIpc) is 3.37. The molecule has 1 saturated carbocycles. The number of nitrogens with zero attached hydrogens (tertiary/aromatic N) is 2. The van der Waals surface area contributed by atoms with E-state index >= 15 is 0 Å². The van der Waals surface area contributed by atoms with Gasteiger partial charge in [-0.25, -0.2) is 9.78 Å². The van der Waals surface area contributed by atoms with Crippen molar-refractivity contribution in [2.75, 3.05) is 0 Å². The molecule has 3 aromatic rings. The lowest BCUT2D eigenvalue weighted by Gasteiger charge is -2.09. The number of benzene rings is 1. The van der Waals surface area contributed by atoms with E-state index in [1.807, 2.05) is 44.2 Å². The topological polar surface area (TPSA) is 65.2 Å². The largest absolute Gasteiger partial charge is 0.457 e. The minimum absolute atomic E-state index is 0.248. The van der Waals surface area contributed by atoms with Crippen molar-refractivity contribution in [2.45, 2.75) is 39.2 Å². The van der Waals surface area contributed by atoms with Crippen LogP contribution >= 0.6 is 0 Å². The van der Waals surface area contributed by atoms with Gasteiger partial charge in [0.2, 0.25) is 0 Å². The summed E-state index contributed by atoms with van der Waals surface area (Å²) in [6.45, 7) is 4.06. The molecule has 2 aromatic heterocycles. The van der Waals surface area contributed by atoms with Crippen LogP contribution in [0.4, 0.5) is 0 Å². The van der Waals surface area contributed by atoms with Gasteiger partial charge in [-0.2, -0.15) is 0 Å². The van der Waals surface area contributed by atoms with Crippen LogP contribution in [0.3, 0.4) is 0 Å². The Morgan fingerprint density at radius 3 is 2.83 bits per heavy atom. The number of aryl methyl sites for hydroxylation is 2. The first-order valence-electron chi connectivity index (χ1n) is 8.12. The zero-order valence-electron chi connectivity index (χ0n) is 13.7. The van der Waals surface area contributed by atoms with Crippen molar-refractivity contribution < 1.29 is 14.1 Å². The Kier molecular flexibility index (Phi) is 3.56. The zero-order chi connectivity index (χ0) is 16.7. The molecule has 2 heterocycles. The monoisotopic (exact) mass is 322 g/mol. The molecule has 0 unspecified atom stereocenters. The first-order chi connectivity index (χ1) is 11.6. The van der Waals surface area contributed by atoms with Gasteiger partial charge in [0.1, 0.15) is 6.61 Å². The standard InChI is InChI=1S/C19H18N2O3/c1-11-5-3-4-6-14(11)10-23-19(22)15-9-16(13-7-8-13)20-18-17(15)12(2)21-24-18/h3-6,9,13H,7-8,10H2,1-2H3. The molecular formula is C19H18N2O3. The second kappa shape index (κ2) is 5.74. The number of carbonyl (C=O) groups is 1. The number of pyridine rings is 1. The summed E-state index contributed by atoms with van der Waals surface area (Å²) < 4.78 is 10.8. The van der Waals surface area contributed by atoms with E-state index < -0.39 is 0 Å². The van der Waals surface area contributed by atoms with Gasteiger partial charge in [0.05, 0.1) is 16.6 Å². The summed E-state index contributed by atoms with van der Waals surface area (Å²) in [5, 5.41) is 4.59. The van der Waals surface area contributed by atoms with Crippen LogP contribution in [0.2, 0.25) is 0 Å². The summed E-state index contributed by atoms with van der Waals surface area (Å²) in [5.41, 5.74) is 4.56. The van der Waals surface area contributed by atoms with Crippen LogP contribution in [0.5, 0.6) is 0 Å². The summed E-state index contributed by atoms with van der Waals surface area (Å²) >= 11 is 0. The Morgan fingerprint density at radius 1 is 1.29 bits per heavy atom. The number of ether oxygens (including phenoxy) is 1. The molecule has 0 spiro atoms. The predicted molar refractivity (Wildman–Crippen MR) is 88.8 cm³/mol. The molecular weight excluding hydrogens is 304 g/mol. The number of fused-ring (bicyclic) bond motifs is 1. The Morgan fingerprint density at radius 2 is 2.08 bits per heavy atom. The van der Waals surface area contributed by atoms with E-state index in [-0.39, 0.29) is 12.6 Å². The summed E-state index contributed by atoms with van der Waals surface area (Å²) in [7, 11) is 0. The molecule has 122 valence electrons. The van der Waals surface area contributed by atoms with Gasteiger partial charge in [0, 0.05) is 11.6 Å². The van der Waals surface area contributed by atoms with Gasteiger partial charge in [0.15, 0.2) is 0 Å². The Bertz CT molecular complexity index is 926. The molecule has 1 aromatic carbocycles. The maximum absolute atomic E-state index is 12.7. The van der Waals surface area contributed by atoms with Gasteiger partial charge in [0.25, 0.3) is 5.71 Å². The highest BCUT2D eigenvalue weighted by atomic mass is 16.5. The van der Waals surface area contributed by atoms with E-state index in [2.05, 4.69) is 10.1 Å². The van der Waals surface area contributed by atoms with Gasteiger partial charge in [-0.3, -0.25) is 0 Å². The lowest BCUT2D eigenvalue weighted by Crippen LogP contribution is -2.08. The third-order valence-corrected chi connectivity index (χ3v) is 4.47. The van der Waals surface area contributed by atoms with Crippen LogP contribution in [-0.2, 0) is 11.3 Å². The average molecular weight is 322 g/mol. The fraction of sp³-hybridized carbons (Fsp3) is 0.316. The zero-order valence-corrected chi connectivity index (χ0v) is 13.7. The van der Waals surface area contributed by atoms with Gasteiger partial charge >= 0.3 is 5.97 Å². The summed E-state index contributed by atoms with van der Waals surface area (Å²) in [5.74, 6) is 0.0570. The number of carbonyl (C=O) groups excluding carboxylic acids is 1. The van der Waals surface area contributed by atoms with Crippen LogP contribution in [0.25, 0.3) is 11.1 Å². The normalized spacial score (nSPS) is 14.1. The molecule has 0 saturated heterocycles. The Balaban J connectivity index is 1.66. The predicted octanol–water partition coefficient (Wildman–Crippen LogP) is 4.07. The molecule has 0 radical (unpaired) electrons. The van der Waals surface area contributed by atoms with Crippen molar-refractivity contribution in [3.05, 3.63) is 58.4 Å². The van der Waals surface area contributed by atoms with Gasteiger partial charge < -0.3 is 9.26 Å². The molecule has 4 rings (SSSR count). The highest BCUT2D eigenvalue weighted by molar-refractivity contribution is 6.03. The van der Waals surface area contributed by atoms with E-state index in [0.29, 0.717) is 28.3 Å². The molecule has 0 amide bonds. The van der Waals surface area contributed by atoms with Crippen LogP contribution in [0, 0.1) is 13.8 Å². The number of esters is 1. The lowest BCUT2D eigenvalue weighted by atomic mass is 10.1. The molecule has 0 N–H and O–H groups in total. The highest BCUT2D eigenvalue weighted by Crippen LogP contribution is 2.40. The Hall–Kier alpha value is -2.69. The fourth-order valence-electron chi connectivity index (χ4n) is 2.86. The van der Waals surface area contributed by atoms with Crippen molar-refractivity contribution in [3.63, 3.8) is 0 Å². The van der Waals surface area contributed by atoms with Crippen LogP contribution < -0.4 is 0 Å². The van der Waals surface area contributed by atoms with Gasteiger partial charge in [-0.1, -0.05) is 29.4 Å². The summed E-state index contributed by atoms with van der Waals surface area (Å²) in [6, 6.07) is 9.71. The highest BCUT2D eigenvalue weighted by Gasteiger charge is 2.29. The molecule has 5 heteroatoms. The molecule has 1 aliphatic carbocycles. The van der Waals surface area contributed by atoms with Gasteiger partial charge in [-0.15, -0.1) is 0 Å². The molecule has 1 fully saturated rings. The maximum Gasteiger partial charge on any atom is 0.339 e. The second-order valence-corrected chi connectivity index (χ2v) is 6.32. The van der Waals surface area contributed by atoms with Crippen molar-refractivity contribution in [2.24, 2.45) is 0 Å². The van der Waals surface area contributed by atoms with Crippen LogP contribution in [0.15, 0.2) is 34.9 Å². The number of hydrogen-bond acceptors (Lipinski definition) is 5. The van der Waals surface area contributed by atoms with Gasteiger partial charge in [-0.05, 0) is 43.9 Å². The molecule has 5 nitrogen and oxygen atoms in total. The molecule has 0 aliphatic heterocycles. The minimum atomic E-state index is -0.362. The molecule has 0 bridgehead atoms. The van der Waals surface area contributed by atoms with Crippen molar-refractivity contribution in [1.82, 2.24) is 10.1 Å². The van der Waals surface area contributed by atoms with Crippen molar-refractivity contribution in [1.29, 1.82) is 0 Å². The fourth-order valence-corrected chi connectivity index (χ4v) is 2.86. The molecule has 1 aliphatic rings. The van der Waals surface area contributed by atoms with Crippen molar-refractivity contribution in [3.8, 4) is 0 Å². The van der Waals surface area contributed by atoms with E-state index in [1.165, 1.54) is 0 Å². The third-order valence-electron chi connectivity index (χ3n) is 4.47. The number of hydrogen-bond donors (Lipinski definition) is 0. The molecule has 0 atom stereocenters. The molecule has 24 heavy (non-hydrogen) atoms. The summed E-state index contributed by atoms with van der Waals surface area (Å²) in [6.07, 6.45) is 2.20. The van der Waals surface area contributed by atoms with E-state index in [9.17, 15) is 4.79 Å². The quantitative estimate of drug-likeness (QED) is 0.677. The number of aromatic nitrogens is 2. The van der Waals surface area contributed by atoms with E-state index in [1.54, 1.807) is 0 Å².